The topological polar surface area (TPSA) is 80.5 Å². The molecule has 0 bridgehead atoms. The lowest BCUT2D eigenvalue weighted by molar-refractivity contribution is -0.128. The first-order valence-corrected chi connectivity index (χ1v) is 7.32. The molecule has 1 aromatic carbocycles. The van der Waals surface area contributed by atoms with Gasteiger partial charge >= 0.3 is 0 Å². The molecule has 1 atom stereocenters. The largest absolute Gasteiger partial charge is 0.337 e. The molecular formula is C12H16N2O3S. The number of nitrogens with zero attached hydrogens (tertiary/aromatic N) is 1. The minimum Gasteiger partial charge on any atom is -0.337 e. The fourth-order valence-corrected chi connectivity index (χ4v) is 2.79. The summed E-state index contributed by atoms with van der Waals surface area (Å²) in [5.74, 6) is -0.158. The summed E-state index contributed by atoms with van der Waals surface area (Å²) in [6.45, 7) is 2.61. The average molecular weight is 268 g/mol. The standard InChI is InChI=1S/C12H16N2O3S/c1-9-2-4-10(5-3-9)7-14-8-11(6-12(14)15)18(13,16)17/h2-5,11H,6-8H2,1H3,(H2,13,16,17). The third-order valence-electron chi connectivity index (χ3n) is 3.14. The van der Waals surface area contributed by atoms with Gasteiger partial charge in [0.2, 0.25) is 15.9 Å². The Kier molecular flexibility index (Phi) is 3.41. The fourth-order valence-electron chi connectivity index (χ4n) is 2.02. The van der Waals surface area contributed by atoms with Gasteiger partial charge in [0.25, 0.3) is 0 Å². The van der Waals surface area contributed by atoms with Crippen LogP contribution in [0.5, 0.6) is 0 Å². The fraction of sp³-hybridized carbons (Fsp3) is 0.417. The highest BCUT2D eigenvalue weighted by molar-refractivity contribution is 7.89. The van der Waals surface area contributed by atoms with Crippen molar-refractivity contribution in [3.63, 3.8) is 0 Å². The molecule has 98 valence electrons. The third-order valence-corrected chi connectivity index (χ3v) is 4.38. The van der Waals surface area contributed by atoms with E-state index in [0.29, 0.717) is 6.54 Å². The Bertz CT molecular complexity index is 551. The van der Waals surface area contributed by atoms with Crippen LogP contribution in [0.3, 0.4) is 0 Å². The Hall–Kier alpha value is -1.40. The van der Waals surface area contributed by atoms with Gasteiger partial charge in [-0.2, -0.15) is 0 Å². The average Bonchev–Trinajstić information content (AvgIpc) is 2.63. The summed E-state index contributed by atoms with van der Waals surface area (Å²) in [4.78, 5) is 13.2. The number of hydrogen-bond acceptors (Lipinski definition) is 3. The van der Waals surface area contributed by atoms with Gasteiger partial charge in [-0.3, -0.25) is 4.79 Å². The summed E-state index contributed by atoms with van der Waals surface area (Å²) in [7, 11) is -3.63. The Balaban J connectivity index is 2.07. The molecule has 2 N–H and O–H groups in total. The maximum Gasteiger partial charge on any atom is 0.224 e. The second-order valence-corrected chi connectivity index (χ2v) is 6.52. The van der Waals surface area contributed by atoms with Crippen LogP contribution in [0.15, 0.2) is 24.3 Å². The van der Waals surface area contributed by atoms with Crippen molar-refractivity contribution in [3.8, 4) is 0 Å². The molecule has 0 saturated carbocycles. The highest BCUT2D eigenvalue weighted by Gasteiger charge is 2.36. The maximum atomic E-state index is 11.7. The first-order valence-electron chi connectivity index (χ1n) is 5.71. The Morgan fingerprint density at radius 1 is 1.33 bits per heavy atom. The minimum atomic E-state index is -3.63. The van der Waals surface area contributed by atoms with Crippen LogP contribution < -0.4 is 5.14 Å². The molecule has 1 aromatic rings. The van der Waals surface area contributed by atoms with Gasteiger partial charge in [-0.05, 0) is 12.5 Å². The van der Waals surface area contributed by atoms with Crippen molar-refractivity contribution in [1.82, 2.24) is 4.90 Å². The van der Waals surface area contributed by atoms with E-state index < -0.39 is 15.3 Å². The van der Waals surface area contributed by atoms with Crippen molar-refractivity contribution < 1.29 is 13.2 Å². The second kappa shape index (κ2) is 4.70. The summed E-state index contributed by atoms with van der Waals surface area (Å²) >= 11 is 0. The Morgan fingerprint density at radius 3 is 2.44 bits per heavy atom. The van der Waals surface area contributed by atoms with Gasteiger partial charge in [-0.25, -0.2) is 13.6 Å². The molecule has 1 heterocycles. The Morgan fingerprint density at radius 2 is 1.94 bits per heavy atom. The third kappa shape index (κ3) is 2.88. The monoisotopic (exact) mass is 268 g/mol. The molecule has 1 aliphatic heterocycles. The van der Waals surface area contributed by atoms with E-state index >= 15 is 0 Å². The molecule has 2 rings (SSSR count). The molecule has 1 amide bonds. The maximum absolute atomic E-state index is 11.7. The van der Waals surface area contributed by atoms with Crippen LogP contribution in [-0.2, 0) is 21.4 Å². The summed E-state index contributed by atoms with van der Waals surface area (Å²) in [5.41, 5.74) is 2.14. The van der Waals surface area contributed by atoms with Crippen molar-refractivity contribution in [2.24, 2.45) is 5.14 Å². The molecule has 0 aliphatic carbocycles. The van der Waals surface area contributed by atoms with Crippen LogP contribution in [0.1, 0.15) is 17.5 Å². The van der Waals surface area contributed by atoms with E-state index in [1.54, 1.807) is 4.90 Å². The molecular weight excluding hydrogens is 252 g/mol. The number of carbonyl (C=O) groups excluding carboxylic acids is 1. The van der Waals surface area contributed by atoms with Crippen LogP contribution in [0, 0.1) is 6.92 Å². The molecule has 5 nitrogen and oxygen atoms in total. The van der Waals surface area contributed by atoms with Gasteiger partial charge in [0.15, 0.2) is 0 Å². The number of amides is 1. The number of carbonyl (C=O) groups is 1. The molecule has 18 heavy (non-hydrogen) atoms. The van der Waals surface area contributed by atoms with Gasteiger partial charge in [0.1, 0.15) is 5.25 Å². The van der Waals surface area contributed by atoms with E-state index in [4.69, 9.17) is 5.14 Å². The van der Waals surface area contributed by atoms with Crippen molar-refractivity contribution in [3.05, 3.63) is 35.4 Å². The van der Waals surface area contributed by atoms with E-state index in [1.807, 2.05) is 31.2 Å². The molecule has 0 radical (unpaired) electrons. The van der Waals surface area contributed by atoms with Crippen molar-refractivity contribution in [2.45, 2.75) is 25.1 Å². The van der Waals surface area contributed by atoms with Crippen molar-refractivity contribution in [1.29, 1.82) is 0 Å². The first kappa shape index (κ1) is 13.0. The zero-order chi connectivity index (χ0) is 13.3. The van der Waals surface area contributed by atoms with Crippen molar-refractivity contribution >= 4 is 15.9 Å². The molecule has 1 unspecified atom stereocenters. The number of primary sulfonamides is 1. The van der Waals surface area contributed by atoms with E-state index in [0.717, 1.165) is 11.1 Å². The highest BCUT2D eigenvalue weighted by Crippen LogP contribution is 2.19. The molecule has 0 aromatic heterocycles. The normalized spacial score (nSPS) is 20.4. The molecule has 1 fully saturated rings. The van der Waals surface area contributed by atoms with Crippen LogP contribution in [0.2, 0.25) is 0 Å². The van der Waals surface area contributed by atoms with Crippen LogP contribution in [0.4, 0.5) is 0 Å². The predicted molar refractivity (Wildman–Crippen MR) is 68.1 cm³/mol. The second-order valence-electron chi connectivity index (χ2n) is 4.68. The van der Waals surface area contributed by atoms with Crippen LogP contribution in [0.25, 0.3) is 0 Å². The van der Waals surface area contributed by atoms with E-state index in [1.165, 1.54) is 0 Å². The smallest absolute Gasteiger partial charge is 0.224 e. The van der Waals surface area contributed by atoms with Gasteiger partial charge < -0.3 is 4.90 Å². The number of nitrogens with two attached hydrogens (primary N) is 1. The number of benzene rings is 1. The summed E-state index contributed by atoms with van der Waals surface area (Å²) < 4.78 is 22.4. The number of hydrogen-bond donors (Lipinski definition) is 1. The highest BCUT2D eigenvalue weighted by atomic mass is 32.2. The van der Waals surface area contributed by atoms with Gasteiger partial charge in [0.05, 0.1) is 0 Å². The van der Waals surface area contributed by atoms with Crippen molar-refractivity contribution in [2.75, 3.05) is 6.54 Å². The van der Waals surface area contributed by atoms with E-state index in [-0.39, 0.29) is 18.9 Å². The first-order chi connectivity index (χ1) is 8.36. The van der Waals surface area contributed by atoms with Crippen LogP contribution >= 0.6 is 0 Å². The zero-order valence-corrected chi connectivity index (χ0v) is 11.0. The summed E-state index contributed by atoms with van der Waals surface area (Å²) in [6.07, 6.45) is -0.00923. The van der Waals surface area contributed by atoms with Gasteiger partial charge in [-0.15, -0.1) is 0 Å². The summed E-state index contributed by atoms with van der Waals surface area (Å²) in [6, 6.07) is 7.81. The number of sulfonamides is 1. The quantitative estimate of drug-likeness (QED) is 0.860. The molecule has 1 saturated heterocycles. The lowest BCUT2D eigenvalue weighted by Gasteiger charge is -2.16. The van der Waals surface area contributed by atoms with Crippen LogP contribution in [-0.4, -0.2) is 31.0 Å². The van der Waals surface area contributed by atoms with E-state index in [9.17, 15) is 13.2 Å². The lowest BCUT2D eigenvalue weighted by Crippen LogP contribution is -2.31. The number of rotatable bonds is 3. The lowest BCUT2D eigenvalue weighted by atomic mass is 10.1. The number of aryl methyl sites for hydroxylation is 1. The van der Waals surface area contributed by atoms with E-state index in [2.05, 4.69) is 0 Å². The SMILES string of the molecule is Cc1ccc(CN2CC(S(N)(=O)=O)CC2=O)cc1. The summed E-state index contributed by atoms with van der Waals surface area (Å²) in [5, 5.41) is 4.30. The molecule has 0 spiro atoms. The minimum absolute atomic E-state index is 0.00923. The molecule has 1 aliphatic rings. The molecule has 6 heteroatoms. The predicted octanol–water partition coefficient (Wildman–Crippen LogP) is 0.384. The zero-order valence-electron chi connectivity index (χ0n) is 10.2. The Labute approximate surface area is 107 Å². The number of likely N-dealkylation sites (tertiary alicyclic amines) is 1. The van der Waals surface area contributed by atoms with Gasteiger partial charge in [0, 0.05) is 19.5 Å². The van der Waals surface area contributed by atoms with Gasteiger partial charge in [-0.1, -0.05) is 29.8 Å².